The van der Waals surface area contributed by atoms with Crippen molar-refractivity contribution in [1.82, 2.24) is 15.3 Å². The van der Waals surface area contributed by atoms with Crippen molar-refractivity contribution < 1.29 is 31.5 Å². The second-order valence-electron chi connectivity index (χ2n) is 5.05. The molecule has 0 radical (unpaired) electrons. The van der Waals surface area contributed by atoms with Crippen molar-refractivity contribution in [2.45, 2.75) is 25.8 Å². The van der Waals surface area contributed by atoms with E-state index in [2.05, 4.69) is 20.0 Å². The summed E-state index contributed by atoms with van der Waals surface area (Å²) in [6.45, 7) is -1.86. The predicted molar refractivity (Wildman–Crippen MR) is 81.0 cm³/mol. The van der Waals surface area contributed by atoms with Crippen molar-refractivity contribution in [2.75, 3.05) is 0 Å². The summed E-state index contributed by atoms with van der Waals surface area (Å²) in [6.07, 6.45) is -2.21. The molecule has 1 amide bonds. The Hall–Kier alpha value is -2.49. The van der Waals surface area contributed by atoms with E-state index in [1.165, 1.54) is 19.3 Å². The van der Waals surface area contributed by atoms with E-state index in [0.717, 1.165) is 6.07 Å². The summed E-state index contributed by atoms with van der Waals surface area (Å²) in [5.41, 5.74) is -1.62. The third-order valence-electron chi connectivity index (χ3n) is 3.16. The molecule has 11 heteroatoms. The van der Waals surface area contributed by atoms with Crippen LogP contribution in [0.15, 0.2) is 30.6 Å². The van der Waals surface area contributed by atoms with Crippen LogP contribution in [-0.2, 0) is 6.18 Å². The lowest BCUT2D eigenvalue weighted by Gasteiger charge is -2.16. The molecule has 0 spiro atoms. The topological polar surface area (TPSA) is 64.1 Å². The molecular formula is C15H11ClF5N3O2. The molecule has 0 bridgehead atoms. The van der Waals surface area contributed by atoms with Crippen LogP contribution < -0.4 is 10.1 Å². The Bertz CT molecular complexity index is 801. The minimum atomic E-state index is -4.85. The van der Waals surface area contributed by atoms with Crippen molar-refractivity contribution in [3.05, 3.63) is 52.6 Å². The molecule has 0 saturated carbocycles. The van der Waals surface area contributed by atoms with Crippen molar-refractivity contribution in [3.8, 4) is 5.75 Å². The first-order chi connectivity index (χ1) is 12.1. The molecule has 5 nitrogen and oxygen atoms in total. The summed E-state index contributed by atoms with van der Waals surface area (Å²) in [4.78, 5) is 19.9. The summed E-state index contributed by atoms with van der Waals surface area (Å²) in [5.74, 6) is -1.74. The highest BCUT2D eigenvalue weighted by Gasteiger charge is 2.32. The van der Waals surface area contributed by atoms with Crippen LogP contribution in [0.25, 0.3) is 0 Å². The molecule has 0 aliphatic rings. The van der Waals surface area contributed by atoms with E-state index in [1.54, 1.807) is 0 Å². The number of carbonyl (C=O) groups is 1. The maximum Gasteiger partial charge on any atom is 0.416 e. The minimum Gasteiger partial charge on any atom is -0.435 e. The Labute approximate surface area is 149 Å². The van der Waals surface area contributed by atoms with Crippen LogP contribution >= 0.6 is 11.6 Å². The van der Waals surface area contributed by atoms with Crippen LogP contribution in [-0.4, -0.2) is 22.5 Å². The number of hydrogen-bond donors (Lipinski definition) is 1. The molecule has 1 aromatic carbocycles. The van der Waals surface area contributed by atoms with Crippen LogP contribution in [0.3, 0.4) is 0 Å². The second kappa shape index (κ2) is 7.81. The number of amides is 1. The summed E-state index contributed by atoms with van der Waals surface area (Å²) in [5, 5.41) is 2.38. The van der Waals surface area contributed by atoms with Crippen LogP contribution in [0.4, 0.5) is 22.0 Å². The molecule has 140 valence electrons. The third kappa shape index (κ3) is 5.01. The smallest absolute Gasteiger partial charge is 0.416 e. The van der Waals surface area contributed by atoms with E-state index in [9.17, 15) is 26.7 Å². The third-order valence-corrected chi connectivity index (χ3v) is 3.45. The SMILES string of the molecule is C[C@H](NC(=O)c1cc(OC(F)F)cc(C(F)(F)F)c1)c1nccnc1Cl. The highest BCUT2D eigenvalue weighted by Crippen LogP contribution is 2.33. The molecule has 2 aromatic rings. The Morgan fingerprint density at radius 1 is 1.19 bits per heavy atom. The zero-order valence-electron chi connectivity index (χ0n) is 13.0. The fourth-order valence-electron chi connectivity index (χ4n) is 2.04. The highest BCUT2D eigenvalue weighted by atomic mass is 35.5. The van der Waals surface area contributed by atoms with Gasteiger partial charge in [0.1, 0.15) is 5.75 Å². The molecule has 26 heavy (non-hydrogen) atoms. The maximum absolute atomic E-state index is 12.9. The Morgan fingerprint density at radius 2 is 1.85 bits per heavy atom. The Morgan fingerprint density at radius 3 is 2.42 bits per heavy atom. The number of halogens is 6. The standard InChI is InChI=1S/C15H11ClF5N3O2/c1-7(11-12(16)23-3-2-22-11)24-13(25)8-4-9(15(19,20)21)6-10(5-8)26-14(17)18/h2-7,14H,1H3,(H,24,25)/t7-/m0/s1. The van der Waals surface area contributed by atoms with E-state index >= 15 is 0 Å². The van der Waals surface area contributed by atoms with Gasteiger partial charge in [-0.1, -0.05) is 11.6 Å². The first kappa shape index (κ1) is 19.8. The average molecular weight is 396 g/mol. The van der Waals surface area contributed by atoms with Crippen molar-refractivity contribution >= 4 is 17.5 Å². The quantitative estimate of drug-likeness (QED) is 0.769. The van der Waals surface area contributed by atoms with E-state index in [4.69, 9.17) is 11.6 Å². The average Bonchev–Trinajstić information content (AvgIpc) is 2.53. The number of alkyl halides is 5. The molecule has 1 atom stereocenters. The molecule has 1 aromatic heterocycles. The largest absolute Gasteiger partial charge is 0.435 e. The first-order valence-corrected chi connectivity index (χ1v) is 7.40. The van der Waals surface area contributed by atoms with Gasteiger partial charge in [0.25, 0.3) is 5.91 Å². The number of nitrogens with one attached hydrogen (secondary N) is 1. The summed E-state index contributed by atoms with van der Waals surface area (Å²) < 4.78 is 67.4. The lowest BCUT2D eigenvalue weighted by atomic mass is 10.1. The summed E-state index contributed by atoms with van der Waals surface area (Å²) >= 11 is 5.84. The normalized spacial score (nSPS) is 12.8. The number of ether oxygens (including phenoxy) is 1. The second-order valence-corrected chi connectivity index (χ2v) is 5.41. The van der Waals surface area contributed by atoms with Crippen LogP contribution in [0, 0.1) is 0 Å². The van der Waals surface area contributed by atoms with E-state index in [0.29, 0.717) is 12.1 Å². The lowest BCUT2D eigenvalue weighted by molar-refractivity contribution is -0.138. The van der Waals surface area contributed by atoms with Gasteiger partial charge in [-0.2, -0.15) is 22.0 Å². The van der Waals surface area contributed by atoms with Gasteiger partial charge in [-0.15, -0.1) is 0 Å². The fraction of sp³-hybridized carbons (Fsp3) is 0.267. The van der Waals surface area contributed by atoms with Crippen molar-refractivity contribution in [1.29, 1.82) is 0 Å². The Kier molecular flexibility index (Phi) is 5.96. The van der Waals surface area contributed by atoms with Crippen LogP contribution in [0.2, 0.25) is 5.15 Å². The number of aromatic nitrogens is 2. The van der Waals surface area contributed by atoms with Gasteiger partial charge in [0.2, 0.25) is 0 Å². The van der Waals surface area contributed by atoms with E-state index in [-0.39, 0.29) is 10.8 Å². The number of nitrogens with zero attached hydrogens (tertiary/aromatic N) is 2. The summed E-state index contributed by atoms with van der Waals surface area (Å²) in [6, 6.07) is 0.893. The van der Waals surface area contributed by atoms with Crippen LogP contribution in [0.5, 0.6) is 5.75 Å². The zero-order chi connectivity index (χ0) is 19.5. The predicted octanol–water partition coefficient (Wildman–Crippen LogP) is 4.24. The molecule has 2 rings (SSSR count). The minimum absolute atomic E-state index is 0.00562. The van der Waals surface area contributed by atoms with Gasteiger partial charge in [0, 0.05) is 18.0 Å². The van der Waals surface area contributed by atoms with Gasteiger partial charge < -0.3 is 10.1 Å². The zero-order valence-corrected chi connectivity index (χ0v) is 13.8. The summed E-state index contributed by atoms with van der Waals surface area (Å²) in [7, 11) is 0. The number of hydrogen-bond acceptors (Lipinski definition) is 4. The molecule has 0 aliphatic carbocycles. The van der Waals surface area contributed by atoms with E-state index in [1.807, 2.05) is 0 Å². The van der Waals surface area contributed by atoms with Crippen molar-refractivity contribution in [3.63, 3.8) is 0 Å². The highest BCUT2D eigenvalue weighted by molar-refractivity contribution is 6.30. The Balaban J connectivity index is 2.31. The molecule has 1 heterocycles. The van der Waals surface area contributed by atoms with Crippen molar-refractivity contribution in [2.24, 2.45) is 0 Å². The lowest BCUT2D eigenvalue weighted by Crippen LogP contribution is -2.28. The molecule has 0 saturated heterocycles. The molecule has 0 fully saturated rings. The van der Waals surface area contributed by atoms with Gasteiger partial charge in [-0.3, -0.25) is 9.78 Å². The van der Waals surface area contributed by atoms with Gasteiger partial charge in [-0.25, -0.2) is 4.98 Å². The number of rotatable bonds is 5. The van der Waals surface area contributed by atoms with Gasteiger partial charge in [0.05, 0.1) is 17.3 Å². The molecule has 1 N–H and O–H groups in total. The monoisotopic (exact) mass is 395 g/mol. The van der Waals surface area contributed by atoms with Gasteiger partial charge in [0.15, 0.2) is 5.15 Å². The fourth-order valence-corrected chi connectivity index (χ4v) is 2.30. The van der Waals surface area contributed by atoms with Gasteiger partial charge in [-0.05, 0) is 25.1 Å². The van der Waals surface area contributed by atoms with Gasteiger partial charge >= 0.3 is 12.8 Å². The van der Waals surface area contributed by atoms with E-state index < -0.39 is 41.6 Å². The molecular weight excluding hydrogens is 385 g/mol. The number of carbonyl (C=O) groups excluding carboxylic acids is 1. The molecule has 0 unspecified atom stereocenters. The molecule has 0 aliphatic heterocycles. The first-order valence-electron chi connectivity index (χ1n) is 7.02. The van der Waals surface area contributed by atoms with Crippen LogP contribution in [0.1, 0.15) is 34.6 Å². The maximum atomic E-state index is 12.9. The number of benzene rings is 1.